The van der Waals surface area contributed by atoms with Gasteiger partial charge in [0.05, 0.1) is 10.6 Å². The molecule has 1 amide bonds. The van der Waals surface area contributed by atoms with E-state index in [9.17, 15) is 13.2 Å². The molecular weight excluding hydrogens is 382 g/mol. The van der Waals surface area contributed by atoms with Crippen molar-refractivity contribution in [3.63, 3.8) is 0 Å². The molecule has 3 aromatic rings. The lowest BCUT2D eigenvalue weighted by atomic mass is 10.2. The van der Waals surface area contributed by atoms with Crippen LogP contribution in [-0.4, -0.2) is 25.9 Å². The third-order valence-corrected chi connectivity index (χ3v) is 6.94. The van der Waals surface area contributed by atoms with Crippen LogP contribution in [0.1, 0.15) is 20.9 Å². The van der Waals surface area contributed by atoms with Gasteiger partial charge in [0.25, 0.3) is 15.9 Å². The van der Waals surface area contributed by atoms with Crippen molar-refractivity contribution < 1.29 is 13.2 Å². The minimum absolute atomic E-state index is 0.152. The van der Waals surface area contributed by atoms with Crippen LogP contribution in [0.2, 0.25) is 0 Å². The minimum Gasteiger partial charge on any atom is -0.307 e. The molecule has 4 rings (SSSR count). The lowest BCUT2D eigenvalue weighted by Gasteiger charge is -2.16. The molecule has 0 saturated carbocycles. The SMILES string of the molecule is Cc1nc(NS(=O)(=O)c2ccccc2)sc1C(=O)N1CCc2ccccc21. The van der Waals surface area contributed by atoms with E-state index in [1.165, 1.54) is 12.1 Å². The number of rotatable bonds is 4. The summed E-state index contributed by atoms with van der Waals surface area (Å²) in [5.41, 5.74) is 2.56. The first-order chi connectivity index (χ1) is 13.0. The monoisotopic (exact) mass is 399 g/mol. The summed E-state index contributed by atoms with van der Waals surface area (Å²) in [6.07, 6.45) is 0.813. The summed E-state index contributed by atoms with van der Waals surface area (Å²) in [6, 6.07) is 15.9. The number of sulfonamides is 1. The maximum Gasteiger partial charge on any atom is 0.270 e. The topological polar surface area (TPSA) is 79.4 Å². The number of hydrogen-bond donors (Lipinski definition) is 1. The Labute approximate surface area is 161 Å². The Morgan fingerprint density at radius 2 is 1.81 bits per heavy atom. The van der Waals surface area contributed by atoms with Crippen molar-refractivity contribution in [1.29, 1.82) is 0 Å². The number of amides is 1. The van der Waals surface area contributed by atoms with Gasteiger partial charge in [-0.1, -0.05) is 47.7 Å². The molecule has 0 aliphatic carbocycles. The van der Waals surface area contributed by atoms with Gasteiger partial charge in [0.15, 0.2) is 5.13 Å². The van der Waals surface area contributed by atoms with Crippen LogP contribution in [0.5, 0.6) is 0 Å². The maximum absolute atomic E-state index is 13.0. The summed E-state index contributed by atoms with van der Waals surface area (Å²) in [7, 11) is -3.74. The first-order valence-corrected chi connectivity index (χ1v) is 10.7. The molecule has 27 heavy (non-hydrogen) atoms. The fraction of sp³-hybridized carbons (Fsp3) is 0.158. The van der Waals surface area contributed by atoms with Crippen LogP contribution in [0.15, 0.2) is 59.5 Å². The van der Waals surface area contributed by atoms with Crippen molar-refractivity contribution in [2.24, 2.45) is 0 Å². The van der Waals surface area contributed by atoms with E-state index < -0.39 is 10.0 Å². The molecule has 0 atom stereocenters. The first kappa shape index (κ1) is 17.7. The van der Waals surface area contributed by atoms with Gasteiger partial charge in [-0.15, -0.1) is 0 Å². The number of carbonyl (C=O) groups excluding carboxylic acids is 1. The number of thiazole rings is 1. The van der Waals surface area contributed by atoms with E-state index in [0.717, 1.165) is 29.0 Å². The van der Waals surface area contributed by atoms with Gasteiger partial charge in [-0.3, -0.25) is 9.52 Å². The van der Waals surface area contributed by atoms with Crippen LogP contribution >= 0.6 is 11.3 Å². The van der Waals surface area contributed by atoms with Gasteiger partial charge in [0.1, 0.15) is 4.88 Å². The van der Waals surface area contributed by atoms with Crippen molar-refractivity contribution in [3.05, 3.63) is 70.7 Å². The molecule has 1 aliphatic rings. The van der Waals surface area contributed by atoms with E-state index in [-0.39, 0.29) is 15.9 Å². The summed E-state index contributed by atoms with van der Waals surface area (Å²) in [5.74, 6) is -0.153. The highest BCUT2D eigenvalue weighted by Crippen LogP contribution is 2.32. The molecule has 0 unspecified atom stereocenters. The number of para-hydroxylation sites is 1. The summed E-state index contributed by atoms with van der Waals surface area (Å²) in [5, 5.41) is 0.187. The molecule has 0 fully saturated rings. The average Bonchev–Trinajstić information content (AvgIpc) is 3.25. The molecule has 138 valence electrons. The third-order valence-electron chi connectivity index (χ3n) is 4.40. The van der Waals surface area contributed by atoms with Crippen LogP contribution in [0, 0.1) is 6.92 Å². The molecule has 1 N–H and O–H groups in total. The summed E-state index contributed by atoms with van der Waals surface area (Å²) >= 11 is 1.06. The number of fused-ring (bicyclic) bond motifs is 1. The number of carbonyl (C=O) groups is 1. The van der Waals surface area contributed by atoms with E-state index in [4.69, 9.17) is 0 Å². The second-order valence-corrected chi connectivity index (χ2v) is 8.87. The largest absolute Gasteiger partial charge is 0.307 e. The smallest absolute Gasteiger partial charge is 0.270 e. The standard InChI is InChI=1S/C19H17N3O3S2/c1-13-17(18(23)22-12-11-14-7-5-6-10-16(14)22)26-19(20-13)21-27(24,25)15-8-3-2-4-9-15/h2-10H,11-12H2,1H3,(H,20,21). The Hall–Kier alpha value is -2.71. The van der Waals surface area contributed by atoms with Crippen molar-refractivity contribution in [2.45, 2.75) is 18.2 Å². The van der Waals surface area contributed by atoms with E-state index in [1.54, 1.807) is 30.0 Å². The van der Waals surface area contributed by atoms with Gasteiger partial charge < -0.3 is 4.90 Å². The highest BCUT2D eigenvalue weighted by Gasteiger charge is 2.28. The van der Waals surface area contributed by atoms with Crippen molar-refractivity contribution >= 4 is 38.1 Å². The quantitative estimate of drug-likeness (QED) is 0.729. The fourth-order valence-corrected chi connectivity index (χ4v) is 5.26. The third kappa shape index (κ3) is 3.33. The van der Waals surface area contributed by atoms with Crippen molar-refractivity contribution in [1.82, 2.24) is 4.98 Å². The molecule has 0 radical (unpaired) electrons. The van der Waals surface area contributed by atoms with E-state index in [2.05, 4.69) is 9.71 Å². The number of aromatic nitrogens is 1. The Bertz CT molecular complexity index is 1110. The average molecular weight is 399 g/mol. The van der Waals surface area contributed by atoms with Gasteiger partial charge in [0, 0.05) is 12.2 Å². The molecule has 2 heterocycles. The molecule has 6 nitrogen and oxygen atoms in total. The van der Waals surface area contributed by atoms with E-state index in [0.29, 0.717) is 17.1 Å². The zero-order valence-electron chi connectivity index (χ0n) is 14.5. The number of benzene rings is 2. The lowest BCUT2D eigenvalue weighted by Crippen LogP contribution is -2.28. The van der Waals surface area contributed by atoms with Crippen LogP contribution in [0.3, 0.4) is 0 Å². The Morgan fingerprint density at radius 3 is 2.59 bits per heavy atom. The zero-order chi connectivity index (χ0) is 19.0. The number of nitrogens with one attached hydrogen (secondary N) is 1. The van der Waals surface area contributed by atoms with Gasteiger partial charge in [-0.25, -0.2) is 13.4 Å². The number of nitrogens with zero attached hydrogens (tertiary/aromatic N) is 2. The van der Waals surface area contributed by atoms with Gasteiger partial charge >= 0.3 is 0 Å². The lowest BCUT2D eigenvalue weighted by molar-refractivity contribution is 0.0992. The molecule has 2 aromatic carbocycles. The number of anilines is 2. The highest BCUT2D eigenvalue weighted by atomic mass is 32.2. The maximum atomic E-state index is 13.0. The molecular formula is C19H17N3O3S2. The molecule has 8 heteroatoms. The van der Waals surface area contributed by atoms with Gasteiger partial charge in [-0.05, 0) is 37.1 Å². The normalized spacial score (nSPS) is 13.4. The van der Waals surface area contributed by atoms with E-state index in [1.807, 2.05) is 24.3 Å². The van der Waals surface area contributed by atoms with Crippen LogP contribution < -0.4 is 9.62 Å². The van der Waals surface area contributed by atoms with Crippen molar-refractivity contribution in [3.8, 4) is 0 Å². The first-order valence-electron chi connectivity index (χ1n) is 8.41. The highest BCUT2D eigenvalue weighted by molar-refractivity contribution is 7.93. The zero-order valence-corrected chi connectivity index (χ0v) is 16.2. The summed E-state index contributed by atoms with van der Waals surface area (Å²) in [4.78, 5) is 19.6. The number of aryl methyl sites for hydroxylation is 1. The minimum atomic E-state index is -3.74. The molecule has 0 spiro atoms. The number of hydrogen-bond acceptors (Lipinski definition) is 5. The van der Waals surface area contributed by atoms with Crippen LogP contribution in [0.25, 0.3) is 0 Å². The van der Waals surface area contributed by atoms with Crippen molar-refractivity contribution in [2.75, 3.05) is 16.2 Å². The molecule has 1 aliphatic heterocycles. The molecule has 0 saturated heterocycles. The predicted octanol–water partition coefficient (Wildman–Crippen LogP) is 3.46. The predicted molar refractivity (Wildman–Crippen MR) is 106 cm³/mol. The van der Waals surface area contributed by atoms with Crippen LogP contribution in [0.4, 0.5) is 10.8 Å². The summed E-state index contributed by atoms with van der Waals surface area (Å²) in [6.45, 7) is 2.33. The Balaban J connectivity index is 1.60. The van der Waals surface area contributed by atoms with Crippen LogP contribution in [-0.2, 0) is 16.4 Å². The Morgan fingerprint density at radius 1 is 1.11 bits per heavy atom. The second kappa shape index (κ2) is 6.79. The fourth-order valence-electron chi connectivity index (χ4n) is 3.08. The second-order valence-electron chi connectivity index (χ2n) is 6.19. The van der Waals surface area contributed by atoms with E-state index >= 15 is 0 Å². The van der Waals surface area contributed by atoms with Gasteiger partial charge in [0.2, 0.25) is 0 Å². The summed E-state index contributed by atoms with van der Waals surface area (Å²) < 4.78 is 27.4. The Kier molecular flexibility index (Phi) is 4.45. The molecule has 0 bridgehead atoms. The van der Waals surface area contributed by atoms with Gasteiger partial charge in [-0.2, -0.15) is 0 Å². The molecule has 1 aromatic heterocycles.